The summed E-state index contributed by atoms with van der Waals surface area (Å²) in [4.78, 5) is 18.2. The van der Waals surface area contributed by atoms with Crippen LogP contribution >= 0.6 is 0 Å². The van der Waals surface area contributed by atoms with Crippen molar-refractivity contribution in [3.05, 3.63) is 29.8 Å². The van der Waals surface area contributed by atoms with Crippen LogP contribution in [-0.2, 0) is 9.59 Å². The molecule has 0 saturated heterocycles. The van der Waals surface area contributed by atoms with Crippen LogP contribution in [0.2, 0.25) is 0 Å². The van der Waals surface area contributed by atoms with Crippen molar-refractivity contribution in [3.63, 3.8) is 0 Å². The van der Waals surface area contributed by atoms with Crippen molar-refractivity contribution >= 4 is 11.9 Å². The molecule has 2 unspecified atom stereocenters. The Morgan fingerprint density at radius 3 is 2.24 bits per heavy atom. The Balaban J connectivity index is 0.000000823. The van der Waals surface area contributed by atoms with E-state index in [0.29, 0.717) is 6.04 Å². The summed E-state index contributed by atoms with van der Waals surface area (Å²) < 4.78 is 5.99. The average molecular weight is 353 g/mol. The Labute approximate surface area is 150 Å². The highest BCUT2D eigenvalue weighted by atomic mass is 16.5. The lowest BCUT2D eigenvalue weighted by Gasteiger charge is -2.19. The van der Waals surface area contributed by atoms with E-state index in [2.05, 4.69) is 45.1 Å². The highest BCUT2D eigenvalue weighted by molar-refractivity contribution is 6.27. The molecule has 1 aromatic carbocycles. The molecule has 2 atom stereocenters. The fourth-order valence-electron chi connectivity index (χ4n) is 2.08. The summed E-state index contributed by atoms with van der Waals surface area (Å²) in [5.41, 5.74) is 1.21. The van der Waals surface area contributed by atoms with Gasteiger partial charge in [-0.3, -0.25) is 0 Å². The molecule has 0 aliphatic rings. The van der Waals surface area contributed by atoms with Gasteiger partial charge in [0, 0.05) is 6.04 Å². The van der Waals surface area contributed by atoms with Gasteiger partial charge in [-0.15, -0.1) is 0 Å². The Kier molecular flexibility index (Phi) is 12.1. The summed E-state index contributed by atoms with van der Waals surface area (Å²) in [5, 5.41) is 18.3. The fourth-order valence-corrected chi connectivity index (χ4v) is 2.08. The minimum atomic E-state index is -1.82. The summed E-state index contributed by atoms with van der Waals surface area (Å²) in [6.07, 6.45) is 5.05. The summed E-state index contributed by atoms with van der Waals surface area (Å²) in [6, 6.07) is 8.80. The normalized spacial score (nSPS) is 12.5. The maximum atomic E-state index is 9.10. The Hall–Kier alpha value is -2.08. The van der Waals surface area contributed by atoms with Crippen LogP contribution in [0.25, 0.3) is 0 Å². The first-order chi connectivity index (χ1) is 11.8. The molecule has 3 N–H and O–H groups in total. The van der Waals surface area contributed by atoms with Gasteiger partial charge in [-0.25, -0.2) is 9.59 Å². The van der Waals surface area contributed by atoms with Crippen molar-refractivity contribution in [2.24, 2.45) is 0 Å². The van der Waals surface area contributed by atoms with Crippen molar-refractivity contribution in [1.29, 1.82) is 0 Å². The number of hydrogen-bond donors (Lipinski definition) is 3. The number of carboxylic acids is 2. The first-order valence-electron chi connectivity index (χ1n) is 8.69. The predicted octanol–water partition coefficient (Wildman–Crippen LogP) is 3.48. The summed E-state index contributed by atoms with van der Waals surface area (Å²) in [6.45, 7) is 9.87. The third-order valence-electron chi connectivity index (χ3n) is 3.63. The van der Waals surface area contributed by atoms with E-state index in [4.69, 9.17) is 24.5 Å². The lowest BCUT2D eigenvalue weighted by Crippen LogP contribution is -2.28. The van der Waals surface area contributed by atoms with Gasteiger partial charge in [-0.05, 0) is 58.2 Å². The molecule has 0 saturated carbocycles. The number of rotatable bonds is 9. The molecule has 0 bridgehead atoms. The highest BCUT2D eigenvalue weighted by Crippen LogP contribution is 2.19. The Morgan fingerprint density at radius 2 is 1.72 bits per heavy atom. The van der Waals surface area contributed by atoms with Crippen molar-refractivity contribution in [3.8, 4) is 5.75 Å². The van der Waals surface area contributed by atoms with Crippen molar-refractivity contribution in [2.45, 2.75) is 65.5 Å². The molecular weight excluding hydrogens is 322 g/mol. The number of nitrogens with one attached hydrogen (secondary N) is 1. The summed E-state index contributed by atoms with van der Waals surface area (Å²) >= 11 is 0. The van der Waals surface area contributed by atoms with Crippen LogP contribution < -0.4 is 10.1 Å². The Morgan fingerprint density at radius 1 is 1.12 bits per heavy atom. The van der Waals surface area contributed by atoms with Gasteiger partial charge >= 0.3 is 11.9 Å². The second-order valence-electron chi connectivity index (χ2n) is 6.09. The van der Waals surface area contributed by atoms with Crippen LogP contribution in [0.5, 0.6) is 5.75 Å². The average Bonchev–Trinajstić information content (AvgIpc) is 2.56. The van der Waals surface area contributed by atoms with Crippen molar-refractivity contribution < 1.29 is 24.5 Å². The number of ether oxygens (including phenoxy) is 1. The van der Waals surface area contributed by atoms with Crippen LogP contribution in [-0.4, -0.2) is 40.8 Å². The first-order valence-corrected chi connectivity index (χ1v) is 8.69. The maximum absolute atomic E-state index is 9.10. The van der Waals surface area contributed by atoms with E-state index in [1.54, 1.807) is 0 Å². The topological polar surface area (TPSA) is 95.9 Å². The van der Waals surface area contributed by atoms with Crippen molar-refractivity contribution in [1.82, 2.24) is 5.32 Å². The number of benzene rings is 1. The summed E-state index contributed by atoms with van der Waals surface area (Å²) in [7, 11) is 0. The van der Waals surface area contributed by atoms with Crippen LogP contribution in [0, 0.1) is 6.92 Å². The SMILES string of the molecule is CCCCNC(C)CCC(C)Oc1ccccc1C.O=C(O)C(=O)O. The zero-order chi connectivity index (χ0) is 19.2. The highest BCUT2D eigenvalue weighted by Gasteiger charge is 2.08. The quantitative estimate of drug-likeness (QED) is 0.465. The third-order valence-corrected chi connectivity index (χ3v) is 3.63. The standard InChI is InChI=1S/C17H29NO.C2H2O4/c1-5-6-13-18-15(3)11-12-16(4)19-17-10-8-7-9-14(17)2;3-1(4)2(5)6/h7-10,15-16,18H,5-6,11-13H2,1-4H3;(H,3,4)(H,5,6). The lowest BCUT2D eigenvalue weighted by molar-refractivity contribution is -0.159. The molecule has 0 fully saturated rings. The van der Waals surface area contributed by atoms with Gasteiger partial charge in [0.05, 0.1) is 6.10 Å². The predicted molar refractivity (Wildman–Crippen MR) is 98.1 cm³/mol. The van der Waals surface area contributed by atoms with E-state index in [1.165, 1.54) is 18.4 Å². The van der Waals surface area contributed by atoms with Crippen LogP contribution in [0.15, 0.2) is 24.3 Å². The molecule has 25 heavy (non-hydrogen) atoms. The number of para-hydroxylation sites is 1. The third kappa shape index (κ3) is 12.0. The molecule has 0 radical (unpaired) electrons. The van der Waals surface area contributed by atoms with E-state index in [1.807, 2.05) is 12.1 Å². The van der Waals surface area contributed by atoms with Gasteiger partial charge in [0.2, 0.25) is 0 Å². The lowest BCUT2D eigenvalue weighted by atomic mass is 10.1. The number of carboxylic acid groups (broad SMARTS) is 2. The fraction of sp³-hybridized carbons (Fsp3) is 0.579. The largest absolute Gasteiger partial charge is 0.490 e. The number of aryl methyl sites for hydroxylation is 1. The van der Waals surface area contributed by atoms with Gasteiger partial charge in [0.15, 0.2) is 0 Å². The van der Waals surface area contributed by atoms with E-state index in [0.717, 1.165) is 25.1 Å². The van der Waals surface area contributed by atoms with E-state index < -0.39 is 11.9 Å². The van der Waals surface area contributed by atoms with E-state index in [-0.39, 0.29) is 6.10 Å². The van der Waals surface area contributed by atoms with Gasteiger partial charge in [0.25, 0.3) is 0 Å². The minimum absolute atomic E-state index is 0.275. The van der Waals surface area contributed by atoms with E-state index >= 15 is 0 Å². The molecule has 0 spiro atoms. The van der Waals surface area contributed by atoms with Gasteiger partial charge < -0.3 is 20.3 Å². The molecule has 1 rings (SSSR count). The zero-order valence-corrected chi connectivity index (χ0v) is 15.6. The monoisotopic (exact) mass is 353 g/mol. The smallest absolute Gasteiger partial charge is 0.414 e. The number of aliphatic carboxylic acids is 2. The van der Waals surface area contributed by atoms with Gasteiger partial charge in [-0.2, -0.15) is 0 Å². The van der Waals surface area contributed by atoms with Crippen LogP contribution in [0.1, 0.15) is 52.0 Å². The molecule has 0 aromatic heterocycles. The molecule has 0 heterocycles. The van der Waals surface area contributed by atoms with Gasteiger partial charge in [0.1, 0.15) is 5.75 Å². The molecular formula is C19H31NO5. The van der Waals surface area contributed by atoms with Crippen LogP contribution in [0.4, 0.5) is 0 Å². The first kappa shape index (κ1) is 22.9. The molecule has 0 aliphatic carbocycles. The zero-order valence-electron chi connectivity index (χ0n) is 15.6. The second kappa shape index (κ2) is 13.2. The second-order valence-corrected chi connectivity index (χ2v) is 6.09. The molecule has 0 aliphatic heterocycles. The molecule has 1 aromatic rings. The number of hydrogen-bond acceptors (Lipinski definition) is 4. The number of unbranched alkanes of at least 4 members (excludes halogenated alkanes) is 1. The minimum Gasteiger partial charge on any atom is -0.490 e. The summed E-state index contributed by atoms with van der Waals surface area (Å²) in [5.74, 6) is -2.63. The molecule has 142 valence electrons. The number of carbonyl (C=O) groups is 2. The van der Waals surface area contributed by atoms with Crippen LogP contribution in [0.3, 0.4) is 0 Å². The van der Waals surface area contributed by atoms with Crippen molar-refractivity contribution in [2.75, 3.05) is 6.54 Å². The molecule has 6 heteroatoms. The van der Waals surface area contributed by atoms with E-state index in [9.17, 15) is 0 Å². The van der Waals surface area contributed by atoms with Gasteiger partial charge in [-0.1, -0.05) is 31.5 Å². The maximum Gasteiger partial charge on any atom is 0.414 e. The molecule has 0 amide bonds. The Bertz CT molecular complexity index is 506. The molecule has 6 nitrogen and oxygen atoms in total.